The van der Waals surface area contributed by atoms with Crippen molar-refractivity contribution in [3.8, 4) is 11.5 Å². The first kappa shape index (κ1) is 15.9. The topological polar surface area (TPSA) is 56.1 Å². The van der Waals surface area contributed by atoms with Crippen molar-refractivity contribution in [2.24, 2.45) is 7.05 Å². The van der Waals surface area contributed by atoms with Gasteiger partial charge in [0.05, 0.1) is 17.4 Å². The number of fused-ring (bicyclic) bond motifs is 1. The van der Waals surface area contributed by atoms with E-state index in [0.29, 0.717) is 17.0 Å². The molecule has 128 valence electrons. The molecule has 0 bridgehead atoms. The minimum absolute atomic E-state index is 0.138. The summed E-state index contributed by atoms with van der Waals surface area (Å²) in [6, 6.07) is 22.2. The van der Waals surface area contributed by atoms with Crippen LogP contribution in [0.25, 0.3) is 11.0 Å². The van der Waals surface area contributed by atoms with Crippen LogP contribution in [0.4, 0.5) is 5.69 Å². The van der Waals surface area contributed by atoms with E-state index in [2.05, 4.69) is 10.3 Å². The van der Waals surface area contributed by atoms with Gasteiger partial charge < -0.3 is 14.6 Å². The molecule has 0 saturated carbocycles. The third-order valence-corrected chi connectivity index (χ3v) is 4.08. The molecule has 0 fully saturated rings. The van der Waals surface area contributed by atoms with Gasteiger partial charge in [0.2, 0.25) is 0 Å². The molecule has 26 heavy (non-hydrogen) atoms. The van der Waals surface area contributed by atoms with Gasteiger partial charge in [-0.2, -0.15) is 0 Å². The molecule has 0 saturated heterocycles. The van der Waals surface area contributed by atoms with Gasteiger partial charge in [-0.3, -0.25) is 4.79 Å². The van der Waals surface area contributed by atoms with Crippen LogP contribution in [0, 0.1) is 0 Å². The highest BCUT2D eigenvalue weighted by Crippen LogP contribution is 2.26. The highest BCUT2D eigenvalue weighted by Gasteiger charge is 2.06. The molecular weight excluding hydrogens is 326 g/mol. The van der Waals surface area contributed by atoms with Gasteiger partial charge in [-0.05, 0) is 48.5 Å². The molecule has 0 aliphatic carbocycles. The summed E-state index contributed by atoms with van der Waals surface area (Å²) in [6.45, 7) is 0. The molecule has 5 nitrogen and oxygen atoms in total. The van der Waals surface area contributed by atoms with Crippen molar-refractivity contribution in [1.29, 1.82) is 0 Å². The highest BCUT2D eigenvalue weighted by atomic mass is 16.5. The molecule has 1 heterocycles. The van der Waals surface area contributed by atoms with Gasteiger partial charge >= 0.3 is 0 Å². The van der Waals surface area contributed by atoms with Crippen LogP contribution < -0.4 is 10.1 Å². The highest BCUT2D eigenvalue weighted by molar-refractivity contribution is 6.04. The summed E-state index contributed by atoms with van der Waals surface area (Å²) in [5.41, 5.74) is 3.28. The van der Waals surface area contributed by atoms with E-state index in [0.717, 1.165) is 16.8 Å². The van der Waals surface area contributed by atoms with E-state index >= 15 is 0 Å². The SMILES string of the molecule is Cn1cnc2ccc(Oc3ccc(NC(=O)c4ccccc4)cc3)cc21. The lowest BCUT2D eigenvalue weighted by atomic mass is 10.2. The Morgan fingerprint density at radius 3 is 2.46 bits per heavy atom. The molecule has 4 rings (SSSR count). The lowest BCUT2D eigenvalue weighted by molar-refractivity contribution is 0.102. The molecule has 0 radical (unpaired) electrons. The third-order valence-electron chi connectivity index (χ3n) is 4.08. The summed E-state index contributed by atoms with van der Waals surface area (Å²) in [6.07, 6.45) is 1.78. The van der Waals surface area contributed by atoms with Crippen molar-refractivity contribution in [3.63, 3.8) is 0 Å². The zero-order valence-electron chi connectivity index (χ0n) is 14.2. The van der Waals surface area contributed by atoms with Gasteiger partial charge in [-0.25, -0.2) is 4.98 Å². The number of nitrogens with one attached hydrogen (secondary N) is 1. The number of imidazole rings is 1. The second kappa shape index (κ2) is 6.72. The summed E-state index contributed by atoms with van der Waals surface area (Å²) < 4.78 is 7.85. The van der Waals surface area contributed by atoms with Crippen molar-refractivity contribution in [1.82, 2.24) is 9.55 Å². The van der Waals surface area contributed by atoms with Gasteiger partial charge in [0.25, 0.3) is 5.91 Å². The van der Waals surface area contributed by atoms with E-state index < -0.39 is 0 Å². The van der Waals surface area contributed by atoms with Crippen LogP contribution in [0.2, 0.25) is 0 Å². The van der Waals surface area contributed by atoms with Crippen molar-refractivity contribution in [3.05, 3.63) is 84.7 Å². The monoisotopic (exact) mass is 343 g/mol. The van der Waals surface area contributed by atoms with E-state index in [-0.39, 0.29) is 5.91 Å². The van der Waals surface area contributed by atoms with Gasteiger partial charge in [0, 0.05) is 24.4 Å². The maximum absolute atomic E-state index is 12.2. The molecule has 5 heteroatoms. The summed E-state index contributed by atoms with van der Waals surface area (Å²) in [4.78, 5) is 16.5. The zero-order chi connectivity index (χ0) is 17.9. The predicted octanol–water partition coefficient (Wildman–Crippen LogP) is 4.62. The molecule has 1 aromatic heterocycles. The summed E-state index contributed by atoms with van der Waals surface area (Å²) in [5.74, 6) is 1.30. The Labute approximate surface area is 150 Å². The van der Waals surface area contributed by atoms with Crippen molar-refractivity contribution in [2.45, 2.75) is 0 Å². The Balaban J connectivity index is 1.47. The molecule has 0 aliphatic heterocycles. The van der Waals surface area contributed by atoms with Crippen LogP contribution in [0.1, 0.15) is 10.4 Å². The molecule has 3 aromatic carbocycles. The van der Waals surface area contributed by atoms with Crippen LogP contribution >= 0.6 is 0 Å². The Bertz CT molecular complexity index is 1050. The maximum Gasteiger partial charge on any atom is 0.255 e. The Kier molecular flexibility index (Phi) is 4.11. The number of rotatable bonds is 4. The van der Waals surface area contributed by atoms with Gasteiger partial charge in [0.15, 0.2) is 0 Å². The van der Waals surface area contributed by atoms with Crippen molar-refractivity contribution >= 4 is 22.6 Å². The minimum Gasteiger partial charge on any atom is -0.457 e. The number of carbonyl (C=O) groups excluding carboxylic acids is 1. The normalized spacial score (nSPS) is 10.7. The first-order chi connectivity index (χ1) is 12.7. The number of aromatic nitrogens is 2. The Morgan fingerprint density at radius 2 is 1.69 bits per heavy atom. The number of hydrogen-bond acceptors (Lipinski definition) is 3. The molecule has 0 spiro atoms. The first-order valence-electron chi connectivity index (χ1n) is 8.24. The molecule has 0 aliphatic rings. The van der Waals surface area contributed by atoms with Crippen LogP contribution in [0.5, 0.6) is 11.5 Å². The number of hydrogen-bond donors (Lipinski definition) is 1. The third kappa shape index (κ3) is 3.28. The Hall–Kier alpha value is -3.60. The number of nitrogens with zero attached hydrogens (tertiary/aromatic N) is 2. The molecular formula is C21H17N3O2. The largest absolute Gasteiger partial charge is 0.457 e. The molecule has 1 N–H and O–H groups in total. The number of aryl methyl sites for hydroxylation is 1. The standard InChI is InChI=1S/C21H17N3O2/c1-24-14-22-19-12-11-18(13-20(19)24)26-17-9-7-16(8-10-17)23-21(25)15-5-3-2-4-6-15/h2-14H,1H3,(H,23,25). The van der Waals surface area contributed by atoms with Gasteiger partial charge in [0.1, 0.15) is 11.5 Å². The van der Waals surface area contributed by atoms with E-state index in [1.54, 1.807) is 18.5 Å². The maximum atomic E-state index is 12.2. The number of benzene rings is 3. The fourth-order valence-electron chi connectivity index (χ4n) is 2.70. The summed E-state index contributed by atoms with van der Waals surface area (Å²) in [5, 5.41) is 2.87. The summed E-state index contributed by atoms with van der Waals surface area (Å²) in [7, 11) is 1.95. The second-order valence-electron chi connectivity index (χ2n) is 5.95. The number of amides is 1. The van der Waals surface area contributed by atoms with E-state index in [4.69, 9.17) is 4.74 Å². The quantitative estimate of drug-likeness (QED) is 0.588. The smallest absolute Gasteiger partial charge is 0.255 e. The van der Waals surface area contributed by atoms with E-state index in [9.17, 15) is 4.79 Å². The number of anilines is 1. The predicted molar refractivity (Wildman–Crippen MR) is 102 cm³/mol. The minimum atomic E-state index is -0.138. The number of carbonyl (C=O) groups is 1. The van der Waals surface area contributed by atoms with Crippen LogP contribution in [-0.4, -0.2) is 15.5 Å². The van der Waals surface area contributed by atoms with Crippen LogP contribution in [0.3, 0.4) is 0 Å². The van der Waals surface area contributed by atoms with Gasteiger partial charge in [-0.15, -0.1) is 0 Å². The average molecular weight is 343 g/mol. The fraction of sp³-hybridized carbons (Fsp3) is 0.0476. The Morgan fingerprint density at radius 1 is 0.962 bits per heavy atom. The zero-order valence-corrected chi connectivity index (χ0v) is 14.2. The van der Waals surface area contributed by atoms with E-state index in [1.165, 1.54) is 0 Å². The first-order valence-corrected chi connectivity index (χ1v) is 8.24. The van der Waals surface area contributed by atoms with Crippen LogP contribution in [0.15, 0.2) is 79.1 Å². The van der Waals surface area contributed by atoms with E-state index in [1.807, 2.05) is 72.3 Å². The molecule has 0 atom stereocenters. The second-order valence-corrected chi connectivity index (χ2v) is 5.95. The van der Waals surface area contributed by atoms with Crippen molar-refractivity contribution < 1.29 is 9.53 Å². The lowest BCUT2D eigenvalue weighted by Crippen LogP contribution is -2.11. The molecule has 1 amide bonds. The van der Waals surface area contributed by atoms with Gasteiger partial charge in [-0.1, -0.05) is 18.2 Å². The lowest BCUT2D eigenvalue weighted by Gasteiger charge is -2.08. The van der Waals surface area contributed by atoms with Crippen LogP contribution in [-0.2, 0) is 7.05 Å². The molecule has 0 unspecified atom stereocenters. The summed E-state index contributed by atoms with van der Waals surface area (Å²) >= 11 is 0. The number of ether oxygens (including phenoxy) is 1. The molecule has 4 aromatic rings. The average Bonchev–Trinajstić information content (AvgIpc) is 3.04. The van der Waals surface area contributed by atoms with Crippen molar-refractivity contribution in [2.75, 3.05) is 5.32 Å². The fourth-order valence-corrected chi connectivity index (χ4v) is 2.70.